The Morgan fingerprint density at radius 2 is 2.06 bits per heavy atom. The van der Waals surface area contributed by atoms with E-state index in [-0.39, 0.29) is 11.8 Å². The number of amides is 2. The van der Waals surface area contributed by atoms with Gasteiger partial charge in [0, 0.05) is 31.2 Å². The van der Waals surface area contributed by atoms with Crippen molar-refractivity contribution in [3.8, 4) is 0 Å². The molecule has 0 saturated carbocycles. The molecule has 0 bridgehead atoms. The van der Waals surface area contributed by atoms with Gasteiger partial charge in [-0.15, -0.1) is 11.3 Å². The maximum atomic E-state index is 12.7. The second-order valence-corrected chi connectivity index (χ2v) is 9.36. The Balaban J connectivity index is 1.14. The van der Waals surface area contributed by atoms with Gasteiger partial charge in [-0.3, -0.25) is 14.6 Å². The topological polar surface area (TPSA) is 88.3 Å². The molecule has 1 fully saturated rings. The van der Waals surface area contributed by atoms with Crippen molar-refractivity contribution in [1.29, 1.82) is 0 Å². The highest BCUT2D eigenvalue weighted by Crippen LogP contribution is 2.26. The predicted molar refractivity (Wildman–Crippen MR) is 120 cm³/mol. The molecule has 0 aromatic carbocycles. The lowest BCUT2D eigenvalue weighted by Crippen LogP contribution is -2.38. The highest BCUT2D eigenvalue weighted by Gasteiger charge is 2.25. The summed E-state index contributed by atoms with van der Waals surface area (Å²) < 4.78 is 5.54. The molecule has 0 unspecified atom stereocenters. The van der Waals surface area contributed by atoms with Crippen LogP contribution < -0.4 is 5.32 Å². The summed E-state index contributed by atoms with van der Waals surface area (Å²) in [7, 11) is 0. The van der Waals surface area contributed by atoms with Gasteiger partial charge in [-0.05, 0) is 51.2 Å². The van der Waals surface area contributed by atoms with Crippen molar-refractivity contribution < 1.29 is 14.0 Å². The molecule has 8 heteroatoms. The number of hydrogen-bond donors (Lipinski definition) is 1. The minimum atomic E-state index is -0.184. The summed E-state index contributed by atoms with van der Waals surface area (Å²) in [5.74, 6) is 0.917. The highest BCUT2D eigenvalue weighted by atomic mass is 32.1. The van der Waals surface area contributed by atoms with Crippen LogP contribution in [0, 0.1) is 19.8 Å². The molecular formula is C23H28N4O3S. The number of furan rings is 1. The minimum absolute atomic E-state index is 0.130. The number of hydrogen-bond acceptors (Lipinski definition) is 6. The number of thiazole rings is 1. The minimum Gasteiger partial charge on any atom is -0.449 e. The van der Waals surface area contributed by atoms with Crippen molar-refractivity contribution in [3.63, 3.8) is 0 Å². The number of carbonyl (C=O) groups is 2. The molecule has 1 aliphatic rings. The van der Waals surface area contributed by atoms with Gasteiger partial charge in [0.15, 0.2) is 11.3 Å². The summed E-state index contributed by atoms with van der Waals surface area (Å²) in [6.07, 6.45) is 8.52. The van der Waals surface area contributed by atoms with E-state index in [2.05, 4.69) is 15.3 Å². The highest BCUT2D eigenvalue weighted by molar-refractivity contribution is 7.13. The van der Waals surface area contributed by atoms with Crippen LogP contribution >= 0.6 is 11.3 Å². The molecule has 4 heterocycles. The number of nitrogens with one attached hydrogen (secondary N) is 1. The molecule has 0 atom stereocenters. The van der Waals surface area contributed by atoms with E-state index in [1.54, 1.807) is 18.5 Å². The number of piperidine rings is 1. The van der Waals surface area contributed by atoms with Crippen molar-refractivity contribution in [2.75, 3.05) is 19.6 Å². The lowest BCUT2D eigenvalue weighted by molar-refractivity contribution is 0.0689. The number of likely N-dealkylation sites (tertiary alicyclic amines) is 1. The monoisotopic (exact) mass is 440 g/mol. The summed E-state index contributed by atoms with van der Waals surface area (Å²) in [5, 5.41) is 4.76. The second-order valence-electron chi connectivity index (χ2n) is 8.16. The van der Waals surface area contributed by atoms with Crippen molar-refractivity contribution in [3.05, 3.63) is 45.9 Å². The molecule has 164 valence electrons. The number of pyridine rings is 1. The Kier molecular flexibility index (Phi) is 6.65. The van der Waals surface area contributed by atoms with Crippen molar-refractivity contribution in [2.45, 2.75) is 46.0 Å². The van der Waals surface area contributed by atoms with Crippen LogP contribution in [-0.2, 0) is 0 Å². The fourth-order valence-corrected chi connectivity index (χ4v) is 5.03. The van der Waals surface area contributed by atoms with Gasteiger partial charge in [-0.1, -0.05) is 12.8 Å². The molecule has 0 spiro atoms. The zero-order chi connectivity index (χ0) is 21.8. The molecule has 1 saturated heterocycles. The maximum Gasteiger partial charge on any atom is 0.287 e. The number of carbonyl (C=O) groups excluding carboxylic acids is 2. The number of nitrogens with zero attached hydrogens (tertiary/aromatic N) is 3. The first-order chi connectivity index (χ1) is 15.0. The van der Waals surface area contributed by atoms with Crippen LogP contribution in [0.1, 0.15) is 63.0 Å². The lowest BCUT2D eigenvalue weighted by Gasteiger charge is -2.32. The van der Waals surface area contributed by atoms with E-state index in [0.717, 1.165) is 66.2 Å². The largest absolute Gasteiger partial charge is 0.449 e. The fraction of sp³-hybridized carbons (Fsp3) is 0.478. The van der Waals surface area contributed by atoms with Gasteiger partial charge >= 0.3 is 0 Å². The molecule has 3 aromatic rings. The first-order valence-electron chi connectivity index (χ1n) is 10.9. The number of aryl methyl sites for hydroxylation is 2. The van der Waals surface area contributed by atoms with E-state index in [1.807, 2.05) is 24.8 Å². The Bertz CT molecular complexity index is 1030. The van der Waals surface area contributed by atoms with Crippen LogP contribution in [0.3, 0.4) is 0 Å². The third kappa shape index (κ3) is 5.12. The number of unbranched alkanes of at least 4 members (excludes halogenated alkanes) is 1. The average molecular weight is 441 g/mol. The Labute approximate surface area is 185 Å². The summed E-state index contributed by atoms with van der Waals surface area (Å²) in [5.41, 5.74) is 1.47. The summed E-state index contributed by atoms with van der Waals surface area (Å²) >= 11 is 1.49. The van der Waals surface area contributed by atoms with Gasteiger partial charge in [-0.2, -0.15) is 0 Å². The molecule has 31 heavy (non-hydrogen) atoms. The molecule has 1 aliphatic heterocycles. The van der Waals surface area contributed by atoms with Crippen LogP contribution in [0.4, 0.5) is 0 Å². The van der Waals surface area contributed by atoms with Crippen molar-refractivity contribution in [2.24, 2.45) is 5.92 Å². The molecule has 0 radical (unpaired) electrons. The molecular weight excluding hydrogens is 412 g/mol. The van der Waals surface area contributed by atoms with E-state index >= 15 is 0 Å². The van der Waals surface area contributed by atoms with Gasteiger partial charge in [-0.25, -0.2) is 4.98 Å². The third-order valence-electron chi connectivity index (χ3n) is 5.87. The molecule has 1 N–H and O–H groups in total. The summed E-state index contributed by atoms with van der Waals surface area (Å²) in [6.45, 7) is 6.12. The molecule has 7 nitrogen and oxygen atoms in total. The quantitative estimate of drug-likeness (QED) is 0.552. The van der Waals surface area contributed by atoms with Crippen LogP contribution in [0.2, 0.25) is 0 Å². The smallest absolute Gasteiger partial charge is 0.287 e. The van der Waals surface area contributed by atoms with Gasteiger partial charge in [0.2, 0.25) is 0 Å². The SMILES string of the molecule is Cc1nc(C)c(C(=O)N2CCC(CCCCNC(=O)c3cc4ccncc4o3)CC2)s1. The zero-order valence-corrected chi connectivity index (χ0v) is 18.8. The zero-order valence-electron chi connectivity index (χ0n) is 18.0. The Morgan fingerprint density at radius 3 is 2.77 bits per heavy atom. The van der Waals surface area contributed by atoms with E-state index in [9.17, 15) is 9.59 Å². The van der Waals surface area contributed by atoms with Gasteiger partial charge in [0.05, 0.1) is 16.9 Å². The van der Waals surface area contributed by atoms with Crippen molar-refractivity contribution >= 4 is 34.1 Å². The van der Waals surface area contributed by atoms with E-state index < -0.39 is 0 Å². The van der Waals surface area contributed by atoms with E-state index in [0.29, 0.717) is 23.8 Å². The third-order valence-corrected chi connectivity index (χ3v) is 6.93. The number of rotatable bonds is 7. The fourth-order valence-electron chi connectivity index (χ4n) is 4.14. The Morgan fingerprint density at radius 1 is 1.26 bits per heavy atom. The first-order valence-corrected chi connectivity index (χ1v) is 11.7. The number of aromatic nitrogens is 2. The van der Waals surface area contributed by atoms with Crippen LogP contribution in [0.25, 0.3) is 11.0 Å². The Hall–Kier alpha value is -2.74. The number of fused-ring (bicyclic) bond motifs is 1. The van der Waals surface area contributed by atoms with Gasteiger partial charge in [0.1, 0.15) is 4.88 Å². The van der Waals surface area contributed by atoms with Crippen molar-refractivity contribution in [1.82, 2.24) is 20.2 Å². The van der Waals surface area contributed by atoms with Crippen LogP contribution in [0.15, 0.2) is 28.9 Å². The van der Waals surface area contributed by atoms with Crippen LogP contribution in [-0.4, -0.2) is 46.3 Å². The lowest BCUT2D eigenvalue weighted by atomic mass is 9.91. The average Bonchev–Trinajstić information content (AvgIpc) is 3.36. The predicted octanol–water partition coefficient (Wildman–Crippen LogP) is 4.35. The molecule has 2 amide bonds. The normalized spacial score (nSPS) is 14.8. The van der Waals surface area contributed by atoms with Gasteiger partial charge in [0.25, 0.3) is 11.8 Å². The van der Waals surface area contributed by atoms with Crippen LogP contribution in [0.5, 0.6) is 0 Å². The standard InChI is InChI=1S/C23H28N4O3S/c1-15-21(31-16(2)26-15)23(29)27-11-7-17(8-12-27)5-3-4-9-25-22(28)19-13-18-6-10-24-14-20(18)30-19/h6,10,13-14,17H,3-5,7-9,11-12H2,1-2H3,(H,25,28). The summed E-state index contributed by atoms with van der Waals surface area (Å²) in [4.78, 5) is 36.1. The van der Waals surface area contributed by atoms with E-state index in [4.69, 9.17) is 4.42 Å². The summed E-state index contributed by atoms with van der Waals surface area (Å²) in [6, 6.07) is 3.57. The molecule has 4 rings (SSSR count). The van der Waals surface area contributed by atoms with Gasteiger partial charge < -0.3 is 14.6 Å². The molecule has 0 aliphatic carbocycles. The maximum absolute atomic E-state index is 12.7. The first kappa shape index (κ1) is 21.5. The van der Waals surface area contributed by atoms with E-state index in [1.165, 1.54) is 11.3 Å². The molecule has 3 aromatic heterocycles. The second kappa shape index (κ2) is 9.60.